The van der Waals surface area contributed by atoms with E-state index in [2.05, 4.69) is 0 Å². The molecule has 90 valence electrons. The van der Waals surface area contributed by atoms with Crippen LogP contribution in [0.15, 0.2) is 16.7 Å². The summed E-state index contributed by atoms with van der Waals surface area (Å²) in [7, 11) is -3.32. The fourth-order valence-electron chi connectivity index (χ4n) is 1.41. The van der Waals surface area contributed by atoms with Crippen molar-refractivity contribution in [2.24, 2.45) is 5.92 Å². The Morgan fingerprint density at radius 3 is 2.62 bits per heavy atom. The minimum Gasteiger partial charge on any atom is -0.478 e. The van der Waals surface area contributed by atoms with Crippen LogP contribution in [0.3, 0.4) is 0 Å². The molecule has 6 heteroatoms. The summed E-state index contributed by atoms with van der Waals surface area (Å²) < 4.78 is 28.1. The van der Waals surface area contributed by atoms with Gasteiger partial charge >= 0.3 is 5.97 Å². The van der Waals surface area contributed by atoms with Gasteiger partial charge in [0.05, 0.1) is 12.0 Å². The summed E-state index contributed by atoms with van der Waals surface area (Å²) in [6.45, 7) is 3.58. The molecular formula is C10H14O5S. The lowest BCUT2D eigenvalue weighted by Crippen LogP contribution is -2.15. The highest BCUT2D eigenvalue weighted by molar-refractivity contribution is 7.90. The van der Waals surface area contributed by atoms with E-state index in [9.17, 15) is 13.2 Å². The molecule has 0 bridgehead atoms. The van der Waals surface area contributed by atoms with E-state index in [4.69, 9.17) is 9.52 Å². The number of carboxylic acid groups (broad SMARTS) is 1. The summed E-state index contributed by atoms with van der Waals surface area (Å²) in [4.78, 5) is 10.7. The molecular weight excluding hydrogens is 232 g/mol. The molecule has 0 aromatic carbocycles. The van der Waals surface area contributed by atoms with E-state index >= 15 is 0 Å². The zero-order valence-corrected chi connectivity index (χ0v) is 9.95. The van der Waals surface area contributed by atoms with Crippen LogP contribution in [0.5, 0.6) is 0 Å². The number of hydrogen-bond donors (Lipinski definition) is 1. The van der Waals surface area contributed by atoms with E-state index in [-0.39, 0.29) is 28.7 Å². The Bertz CT molecular complexity index is 469. The van der Waals surface area contributed by atoms with Gasteiger partial charge in [0.15, 0.2) is 9.84 Å². The monoisotopic (exact) mass is 246 g/mol. The van der Waals surface area contributed by atoms with E-state index < -0.39 is 15.8 Å². The van der Waals surface area contributed by atoms with Crippen LogP contribution in [0.4, 0.5) is 0 Å². The van der Waals surface area contributed by atoms with Crippen molar-refractivity contribution in [1.29, 1.82) is 0 Å². The summed E-state index contributed by atoms with van der Waals surface area (Å²) in [5, 5.41) is 8.78. The van der Waals surface area contributed by atoms with Gasteiger partial charge in [-0.25, -0.2) is 13.2 Å². The Morgan fingerprint density at radius 2 is 2.12 bits per heavy atom. The van der Waals surface area contributed by atoms with Crippen molar-refractivity contribution < 1.29 is 22.7 Å². The summed E-state index contributed by atoms with van der Waals surface area (Å²) in [6, 6.07) is 1.25. The van der Waals surface area contributed by atoms with Crippen LogP contribution < -0.4 is 0 Å². The maximum absolute atomic E-state index is 11.6. The molecule has 0 amide bonds. The van der Waals surface area contributed by atoms with Gasteiger partial charge in [0.25, 0.3) is 0 Å². The topological polar surface area (TPSA) is 84.6 Å². The molecule has 0 unspecified atom stereocenters. The van der Waals surface area contributed by atoms with Gasteiger partial charge in [-0.1, -0.05) is 13.8 Å². The van der Waals surface area contributed by atoms with Crippen LogP contribution in [0.25, 0.3) is 0 Å². The van der Waals surface area contributed by atoms with Crippen molar-refractivity contribution in [2.75, 3.05) is 5.75 Å². The van der Waals surface area contributed by atoms with Gasteiger partial charge in [-0.2, -0.15) is 0 Å². The van der Waals surface area contributed by atoms with Crippen molar-refractivity contribution in [3.63, 3.8) is 0 Å². The van der Waals surface area contributed by atoms with Gasteiger partial charge in [0, 0.05) is 0 Å². The number of rotatable bonds is 5. The van der Waals surface area contributed by atoms with E-state index in [1.54, 1.807) is 13.8 Å². The van der Waals surface area contributed by atoms with E-state index in [0.717, 1.165) is 0 Å². The molecule has 0 fully saturated rings. The second kappa shape index (κ2) is 4.69. The van der Waals surface area contributed by atoms with E-state index in [1.165, 1.54) is 12.3 Å². The quantitative estimate of drug-likeness (QED) is 0.852. The molecule has 0 aliphatic heterocycles. The van der Waals surface area contributed by atoms with Crippen molar-refractivity contribution in [2.45, 2.75) is 19.6 Å². The maximum Gasteiger partial charge on any atom is 0.339 e. The average molecular weight is 246 g/mol. The molecule has 5 nitrogen and oxygen atoms in total. The summed E-state index contributed by atoms with van der Waals surface area (Å²) in [6.07, 6.45) is 1.18. The average Bonchev–Trinajstić information content (AvgIpc) is 2.48. The Labute approximate surface area is 94.0 Å². The highest BCUT2D eigenvalue weighted by Crippen LogP contribution is 2.15. The van der Waals surface area contributed by atoms with Gasteiger partial charge in [-0.3, -0.25) is 0 Å². The van der Waals surface area contributed by atoms with Crippen LogP contribution in [0.1, 0.15) is 30.0 Å². The molecule has 0 aliphatic carbocycles. The number of carbonyl (C=O) groups is 1. The third-order valence-corrected chi connectivity index (χ3v) is 3.79. The molecule has 0 radical (unpaired) electrons. The zero-order valence-electron chi connectivity index (χ0n) is 9.13. The largest absolute Gasteiger partial charge is 0.478 e. The van der Waals surface area contributed by atoms with Crippen LogP contribution in [-0.4, -0.2) is 25.2 Å². The molecule has 16 heavy (non-hydrogen) atoms. The molecule has 0 aliphatic rings. The first-order valence-electron chi connectivity index (χ1n) is 4.82. The zero-order chi connectivity index (χ0) is 12.3. The number of aromatic carboxylic acids is 1. The standard InChI is InChI=1S/C10H14O5S/c1-7(2)5-16(13,14)6-9-8(10(11)12)3-4-15-9/h3-4,7H,5-6H2,1-2H3,(H,11,12). The number of sulfone groups is 1. The van der Waals surface area contributed by atoms with Gasteiger partial charge in [0.1, 0.15) is 17.1 Å². The van der Waals surface area contributed by atoms with Gasteiger partial charge in [0.2, 0.25) is 0 Å². The fourth-order valence-corrected chi connectivity index (χ4v) is 3.17. The third-order valence-electron chi connectivity index (χ3n) is 1.91. The lowest BCUT2D eigenvalue weighted by Gasteiger charge is -2.05. The number of carboxylic acids is 1. The molecule has 0 spiro atoms. The Balaban J connectivity index is 2.88. The van der Waals surface area contributed by atoms with Gasteiger partial charge in [-0.15, -0.1) is 0 Å². The summed E-state index contributed by atoms with van der Waals surface area (Å²) in [5.74, 6) is -1.52. The smallest absolute Gasteiger partial charge is 0.339 e. The van der Waals surface area contributed by atoms with Crippen LogP contribution in [0.2, 0.25) is 0 Å². The molecule has 1 rings (SSSR count). The van der Waals surface area contributed by atoms with E-state index in [0.29, 0.717) is 0 Å². The molecule has 0 saturated carbocycles. The highest BCUT2D eigenvalue weighted by atomic mass is 32.2. The molecule has 1 N–H and O–H groups in total. The first kappa shape index (κ1) is 12.8. The predicted octanol–water partition coefficient (Wildman–Crippen LogP) is 1.55. The van der Waals surface area contributed by atoms with Crippen LogP contribution >= 0.6 is 0 Å². The third kappa shape index (κ3) is 3.37. The first-order chi connectivity index (χ1) is 7.32. The minimum atomic E-state index is -3.32. The molecule has 1 aromatic rings. The van der Waals surface area contributed by atoms with Crippen LogP contribution in [0, 0.1) is 5.92 Å². The lowest BCUT2D eigenvalue weighted by atomic mass is 10.3. The van der Waals surface area contributed by atoms with Crippen molar-refractivity contribution in [3.05, 3.63) is 23.7 Å². The van der Waals surface area contributed by atoms with Crippen molar-refractivity contribution >= 4 is 15.8 Å². The van der Waals surface area contributed by atoms with E-state index in [1.807, 2.05) is 0 Å². The molecule has 1 heterocycles. The minimum absolute atomic E-state index is 0.00634. The maximum atomic E-state index is 11.6. The van der Waals surface area contributed by atoms with Crippen molar-refractivity contribution in [1.82, 2.24) is 0 Å². The first-order valence-corrected chi connectivity index (χ1v) is 6.64. The molecule has 0 saturated heterocycles. The molecule has 0 atom stereocenters. The molecule has 1 aromatic heterocycles. The highest BCUT2D eigenvalue weighted by Gasteiger charge is 2.21. The Morgan fingerprint density at radius 1 is 1.50 bits per heavy atom. The lowest BCUT2D eigenvalue weighted by molar-refractivity contribution is 0.0695. The Kier molecular flexibility index (Phi) is 3.74. The van der Waals surface area contributed by atoms with Gasteiger partial charge < -0.3 is 9.52 Å². The number of furan rings is 1. The SMILES string of the molecule is CC(C)CS(=O)(=O)Cc1occc1C(=O)O. The van der Waals surface area contributed by atoms with Gasteiger partial charge in [-0.05, 0) is 12.0 Å². The summed E-state index contributed by atoms with van der Waals surface area (Å²) >= 11 is 0. The second-order valence-electron chi connectivity index (χ2n) is 4.01. The fraction of sp³-hybridized carbons (Fsp3) is 0.500. The normalized spacial score (nSPS) is 11.9. The Hall–Kier alpha value is -1.30. The second-order valence-corrected chi connectivity index (χ2v) is 6.12. The predicted molar refractivity (Wildman–Crippen MR) is 58.0 cm³/mol. The van der Waals surface area contributed by atoms with Crippen molar-refractivity contribution in [3.8, 4) is 0 Å². The number of hydrogen-bond acceptors (Lipinski definition) is 4. The summed E-state index contributed by atoms with van der Waals surface area (Å²) in [5.41, 5.74) is -0.0904. The van der Waals surface area contributed by atoms with Crippen LogP contribution in [-0.2, 0) is 15.6 Å².